The zero-order valence-electron chi connectivity index (χ0n) is 38.8. The van der Waals surface area contributed by atoms with Crippen molar-refractivity contribution in [1.29, 1.82) is 0 Å². The monoisotopic (exact) mass is 1010 g/mol. The summed E-state index contributed by atoms with van der Waals surface area (Å²) in [5.41, 5.74) is 18.2. The highest BCUT2D eigenvalue weighted by atomic mass is 32.2. The Hall–Kier alpha value is -6.41. The first kappa shape index (κ1) is 53.0. The van der Waals surface area contributed by atoms with Gasteiger partial charge < -0.3 is 68.6 Å². The predicted octanol–water partition coefficient (Wildman–Crippen LogP) is -2.32. The molecule has 5 saturated heterocycles. The number of ketones is 1. The first-order valence-corrected chi connectivity index (χ1v) is 25.1. The van der Waals surface area contributed by atoms with E-state index >= 15 is 0 Å². The summed E-state index contributed by atoms with van der Waals surface area (Å²) in [6.07, 6.45) is 1.65. The summed E-state index contributed by atoms with van der Waals surface area (Å²) in [4.78, 5) is 149. The van der Waals surface area contributed by atoms with Gasteiger partial charge >= 0.3 is 5.97 Å². The van der Waals surface area contributed by atoms with E-state index < -0.39 is 126 Å². The number of piperazine rings is 1. The topological polar surface area (TPSA) is 367 Å². The molecule has 8 atom stereocenters. The van der Waals surface area contributed by atoms with E-state index in [1.165, 1.54) is 9.80 Å². The number of benzene rings is 1. The fourth-order valence-electron chi connectivity index (χ4n) is 8.96. The summed E-state index contributed by atoms with van der Waals surface area (Å²) >= 11 is 1.75. The van der Waals surface area contributed by atoms with Crippen molar-refractivity contribution < 1.29 is 53.1 Å². The molecule has 0 radical (unpaired) electrons. The number of aliphatic carboxylic acids is 1. The first-order chi connectivity index (χ1) is 33.3. The molecule has 70 heavy (non-hydrogen) atoms. The van der Waals surface area contributed by atoms with Crippen molar-refractivity contribution in [3.05, 3.63) is 36.0 Å². The van der Waals surface area contributed by atoms with Crippen molar-refractivity contribution >= 4 is 98.7 Å². The lowest BCUT2D eigenvalue weighted by Crippen LogP contribution is -2.69. The van der Waals surface area contributed by atoms with Gasteiger partial charge in [-0.2, -0.15) is 0 Å². The van der Waals surface area contributed by atoms with Gasteiger partial charge in [-0.05, 0) is 49.7 Å². The molecule has 5 aliphatic rings. The van der Waals surface area contributed by atoms with Crippen LogP contribution in [0.5, 0.6) is 0 Å². The number of carbonyl (C=O) groups is 10. The van der Waals surface area contributed by atoms with Gasteiger partial charge in [0.1, 0.15) is 36.3 Å². The van der Waals surface area contributed by atoms with E-state index in [2.05, 4.69) is 36.6 Å². The van der Waals surface area contributed by atoms with E-state index in [0.717, 1.165) is 27.6 Å². The van der Waals surface area contributed by atoms with Gasteiger partial charge in [-0.25, -0.2) is 0 Å². The Balaban J connectivity index is 1.36. The molecule has 1 aromatic carbocycles. The van der Waals surface area contributed by atoms with Crippen molar-refractivity contribution in [2.75, 3.05) is 44.2 Å². The number of fused-ring (bicyclic) bond motifs is 19. The van der Waals surface area contributed by atoms with Gasteiger partial charge in [-0.15, -0.1) is 11.8 Å². The second kappa shape index (κ2) is 23.9. The average molecular weight is 1010 g/mol. The quantitative estimate of drug-likeness (QED) is 0.0462. The predicted molar refractivity (Wildman–Crippen MR) is 258 cm³/mol. The fourth-order valence-corrected chi connectivity index (χ4v) is 11.1. The van der Waals surface area contributed by atoms with Crippen molar-refractivity contribution in [3.63, 3.8) is 0 Å². The van der Waals surface area contributed by atoms with Gasteiger partial charge in [0, 0.05) is 48.1 Å². The van der Waals surface area contributed by atoms with E-state index in [-0.39, 0.29) is 75.1 Å². The normalized spacial score (nSPS) is 26.7. The van der Waals surface area contributed by atoms with Crippen LogP contribution in [-0.4, -0.2) is 181 Å². The highest BCUT2D eigenvalue weighted by molar-refractivity contribution is 8.13. The Labute approximate surface area is 411 Å². The summed E-state index contributed by atoms with van der Waals surface area (Å²) in [6, 6.07) is -1.83. The number of H-pyrrole nitrogens is 1. The number of thioether (sulfide) groups is 2. The SMILES string of the molecule is CC(C)C[C@@H]1NC(=O)[C@@H]2CCCN2C(=O)CN2CC3SC[C@@H](NC(=O)[C@H](CCCN=C(N)N)NC(=O)[C@H](Cc4c[nH]c5ccccc45)NC(=O)SCC(C(=O)CN)NC1=O)C(=O)N3[C@@H](CC(=O)O)C2=O. The second-order valence-electron chi connectivity index (χ2n) is 18.0. The molecule has 6 heterocycles. The highest BCUT2D eigenvalue weighted by Gasteiger charge is 2.50. The molecule has 5 fully saturated rings. The van der Waals surface area contributed by atoms with Gasteiger partial charge in [0.05, 0.1) is 37.5 Å². The number of carboxylic acid groups (broad SMARTS) is 1. The maximum atomic E-state index is 14.4. The fraction of sp³-hybridized carbons (Fsp3) is 0.568. The lowest BCUT2D eigenvalue weighted by Gasteiger charge is -2.49. The molecule has 8 amide bonds. The second-order valence-corrected chi connectivity index (χ2v) is 20.2. The van der Waals surface area contributed by atoms with Gasteiger partial charge in [-0.3, -0.25) is 52.9 Å². The minimum absolute atomic E-state index is 0.0280. The maximum absolute atomic E-state index is 14.4. The summed E-state index contributed by atoms with van der Waals surface area (Å²) in [6.45, 7) is 2.62. The van der Waals surface area contributed by atoms with Crippen LogP contribution in [0.25, 0.3) is 10.9 Å². The number of hydrogen-bond acceptors (Lipinski definition) is 14. The third kappa shape index (κ3) is 13.3. The number of nitrogens with two attached hydrogens (primary N) is 3. The molecule has 7 rings (SSSR count). The van der Waals surface area contributed by atoms with Gasteiger partial charge in [0.25, 0.3) is 5.24 Å². The standard InChI is InChI=1S/C44H61N13O11S2/c1-22(2)13-27-38(63)52-29(33(58)16-45)20-70-44(68)54-28(14-23-17-49-25-8-4-3-7-24(23)25)39(64)50-26(9-5-11-48-43(46)47)37(62)53-30-21-69-35-19-55(42(67)32(15-36(60)61)57(35)41(30)66)18-34(59)56-12-6-10-31(56)40(65)51-27/h3-4,7-8,17,22,26-32,35,49H,5-6,9-16,18-21,45H2,1-2H3,(H,50,64)(H,51,65)(H,52,63)(H,53,62)(H,54,68)(H,60,61)(H4,46,47,48)/t26-,27-,28-,29?,30+,31-,32-,35?/m0/s1. The largest absolute Gasteiger partial charge is 0.481 e. The van der Waals surface area contributed by atoms with Crippen LogP contribution in [0.1, 0.15) is 57.9 Å². The molecule has 1 aromatic heterocycles. The Kier molecular flexibility index (Phi) is 18.1. The minimum Gasteiger partial charge on any atom is -0.481 e. The number of amides is 8. The van der Waals surface area contributed by atoms with Crippen molar-refractivity contribution in [2.45, 2.75) is 106 Å². The van der Waals surface area contributed by atoms with Crippen LogP contribution in [0, 0.1) is 5.92 Å². The Morgan fingerprint density at radius 2 is 1.60 bits per heavy atom. The number of aromatic nitrogens is 1. The number of carboxylic acids is 1. The number of aliphatic imine (C=N–C) groups is 1. The summed E-state index contributed by atoms with van der Waals surface area (Å²) in [5.74, 6) is -7.94. The van der Waals surface area contributed by atoms with Crippen LogP contribution in [0.15, 0.2) is 35.5 Å². The zero-order valence-corrected chi connectivity index (χ0v) is 40.5. The Bertz CT molecular complexity index is 2380. The van der Waals surface area contributed by atoms with Crippen molar-refractivity contribution in [3.8, 4) is 0 Å². The number of hydrogen-bond donors (Lipinski definition) is 10. The van der Waals surface area contributed by atoms with Gasteiger partial charge in [0.2, 0.25) is 41.4 Å². The molecule has 4 bridgehead atoms. The zero-order chi connectivity index (χ0) is 50.8. The maximum Gasteiger partial charge on any atom is 0.305 e. The van der Waals surface area contributed by atoms with Crippen LogP contribution in [0.4, 0.5) is 4.79 Å². The lowest BCUT2D eigenvalue weighted by atomic mass is 10.0. The molecule has 26 heteroatoms. The van der Waals surface area contributed by atoms with Gasteiger partial charge in [0.15, 0.2) is 11.7 Å². The molecular weight excluding hydrogens is 951 g/mol. The number of carbonyl (C=O) groups excluding carboxylic acids is 9. The lowest BCUT2D eigenvalue weighted by molar-refractivity contribution is -0.160. The third-order valence-corrected chi connectivity index (χ3v) is 14.6. The van der Waals surface area contributed by atoms with E-state index in [1.54, 1.807) is 12.3 Å². The molecule has 24 nitrogen and oxygen atoms in total. The van der Waals surface area contributed by atoms with E-state index in [9.17, 15) is 53.1 Å². The molecule has 2 unspecified atom stereocenters. The summed E-state index contributed by atoms with van der Waals surface area (Å²) in [7, 11) is 0. The molecule has 380 valence electrons. The molecule has 0 aliphatic carbocycles. The smallest absolute Gasteiger partial charge is 0.305 e. The highest BCUT2D eigenvalue weighted by Crippen LogP contribution is 2.33. The summed E-state index contributed by atoms with van der Waals surface area (Å²) < 4.78 is 0. The number of guanidine groups is 1. The molecule has 5 aliphatic heterocycles. The minimum atomic E-state index is -1.56. The van der Waals surface area contributed by atoms with Crippen LogP contribution in [-0.2, 0) is 49.6 Å². The molecule has 0 spiro atoms. The summed E-state index contributed by atoms with van der Waals surface area (Å²) in [5, 5.41) is 22.6. The molecule has 13 N–H and O–H groups in total. The van der Waals surface area contributed by atoms with Gasteiger partial charge in [-0.1, -0.05) is 43.8 Å². The van der Waals surface area contributed by atoms with Crippen molar-refractivity contribution in [2.24, 2.45) is 28.1 Å². The van der Waals surface area contributed by atoms with E-state index in [1.807, 2.05) is 32.0 Å². The molecule has 2 aromatic rings. The van der Waals surface area contributed by atoms with Crippen molar-refractivity contribution in [1.82, 2.24) is 46.3 Å². The number of para-hydroxylation sites is 1. The van der Waals surface area contributed by atoms with E-state index in [0.29, 0.717) is 23.7 Å². The van der Waals surface area contributed by atoms with E-state index in [4.69, 9.17) is 17.2 Å². The van der Waals surface area contributed by atoms with Crippen LogP contribution >= 0.6 is 23.5 Å². The number of Topliss-reactive ketones (excluding diaryl/α,β-unsaturated/α-hetero) is 1. The molecular formula is C44H61N13O11S2. The Morgan fingerprint density at radius 3 is 2.31 bits per heavy atom. The number of nitrogens with zero attached hydrogens (tertiary/aromatic N) is 4. The Morgan fingerprint density at radius 1 is 0.886 bits per heavy atom. The van der Waals surface area contributed by atoms with Crippen LogP contribution in [0.3, 0.4) is 0 Å². The number of rotatable bonds is 12. The molecule has 0 saturated carbocycles. The first-order valence-electron chi connectivity index (χ1n) is 23.1. The average Bonchev–Trinajstić information content (AvgIpc) is 3.98. The third-order valence-electron chi connectivity index (χ3n) is 12.4. The van der Waals surface area contributed by atoms with Crippen LogP contribution < -0.4 is 43.8 Å². The number of nitrogens with one attached hydrogen (secondary N) is 6. The van der Waals surface area contributed by atoms with Crippen LogP contribution in [0.2, 0.25) is 0 Å². The number of aromatic amines is 1.